The van der Waals surface area contributed by atoms with Gasteiger partial charge in [-0.05, 0) is 44.4 Å². The third kappa shape index (κ3) is 1.83. The van der Waals surface area contributed by atoms with Gasteiger partial charge in [0, 0.05) is 31.7 Å². The molecule has 2 saturated carbocycles. The second kappa shape index (κ2) is 3.74. The Morgan fingerprint density at radius 2 is 2.07 bits per heavy atom. The van der Waals surface area contributed by atoms with Gasteiger partial charge in [-0.3, -0.25) is 4.90 Å². The fourth-order valence-electron chi connectivity index (χ4n) is 3.32. The first-order valence-electron chi connectivity index (χ1n) is 6.75. The zero-order chi connectivity index (χ0) is 10.3. The molecule has 0 aromatic heterocycles. The van der Waals surface area contributed by atoms with Gasteiger partial charge in [-0.25, -0.2) is 0 Å². The van der Waals surface area contributed by atoms with Crippen LogP contribution < -0.4 is 5.32 Å². The Balaban J connectivity index is 1.66. The topological polar surface area (TPSA) is 15.3 Å². The van der Waals surface area contributed by atoms with E-state index in [4.69, 9.17) is 0 Å². The van der Waals surface area contributed by atoms with E-state index < -0.39 is 0 Å². The molecular weight excluding hydrogens is 184 g/mol. The van der Waals surface area contributed by atoms with Crippen molar-refractivity contribution in [1.29, 1.82) is 0 Å². The average molecular weight is 208 g/mol. The van der Waals surface area contributed by atoms with Gasteiger partial charge in [0.25, 0.3) is 0 Å². The summed E-state index contributed by atoms with van der Waals surface area (Å²) in [5.41, 5.74) is 0.494. The van der Waals surface area contributed by atoms with Crippen LogP contribution in [0.25, 0.3) is 0 Å². The fraction of sp³-hybridized carbons (Fsp3) is 1.00. The lowest BCUT2D eigenvalue weighted by Crippen LogP contribution is -2.62. The van der Waals surface area contributed by atoms with Crippen LogP contribution in [0.5, 0.6) is 0 Å². The molecule has 1 aliphatic heterocycles. The lowest BCUT2D eigenvalue weighted by atomic mass is 9.82. The quantitative estimate of drug-likeness (QED) is 0.761. The number of rotatable bonds is 3. The van der Waals surface area contributed by atoms with Gasteiger partial charge in [0.15, 0.2) is 0 Å². The minimum Gasteiger partial charge on any atom is -0.314 e. The highest BCUT2D eigenvalue weighted by Gasteiger charge is 2.47. The van der Waals surface area contributed by atoms with Crippen molar-refractivity contribution in [2.75, 3.05) is 26.2 Å². The molecule has 1 heterocycles. The molecule has 2 nitrogen and oxygen atoms in total. The van der Waals surface area contributed by atoms with Gasteiger partial charge in [-0.2, -0.15) is 0 Å². The molecule has 0 aromatic carbocycles. The molecular formula is C13H24N2. The molecule has 1 unspecified atom stereocenters. The van der Waals surface area contributed by atoms with Crippen molar-refractivity contribution < 1.29 is 0 Å². The molecule has 0 spiro atoms. The van der Waals surface area contributed by atoms with E-state index in [0.717, 1.165) is 11.8 Å². The van der Waals surface area contributed by atoms with Gasteiger partial charge >= 0.3 is 0 Å². The van der Waals surface area contributed by atoms with Crippen molar-refractivity contribution >= 4 is 0 Å². The average Bonchev–Trinajstić information content (AvgIpc) is 2.97. The Morgan fingerprint density at radius 3 is 2.67 bits per heavy atom. The normalized spacial score (nSPS) is 39.0. The fourth-order valence-corrected chi connectivity index (χ4v) is 3.32. The minimum absolute atomic E-state index is 0.494. The lowest BCUT2D eigenvalue weighted by Gasteiger charge is -2.48. The molecule has 1 atom stereocenters. The summed E-state index contributed by atoms with van der Waals surface area (Å²) in [7, 11) is 0. The van der Waals surface area contributed by atoms with Crippen LogP contribution >= 0.6 is 0 Å². The van der Waals surface area contributed by atoms with E-state index in [1.54, 1.807) is 0 Å². The number of nitrogens with one attached hydrogen (secondary N) is 1. The highest BCUT2D eigenvalue weighted by molar-refractivity contribution is 5.03. The summed E-state index contributed by atoms with van der Waals surface area (Å²) in [4.78, 5) is 2.81. The van der Waals surface area contributed by atoms with Crippen molar-refractivity contribution in [3.05, 3.63) is 0 Å². The maximum Gasteiger partial charge on any atom is 0.0334 e. The van der Waals surface area contributed by atoms with Gasteiger partial charge in [-0.15, -0.1) is 0 Å². The summed E-state index contributed by atoms with van der Waals surface area (Å²) < 4.78 is 0. The molecule has 0 radical (unpaired) electrons. The van der Waals surface area contributed by atoms with Crippen LogP contribution in [0.15, 0.2) is 0 Å². The predicted molar refractivity (Wildman–Crippen MR) is 62.9 cm³/mol. The molecule has 0 bridgehead atoms. The molecule has 0 aromatic rings. The molecule has 1 saturated heterocycles. The summed E-state index contributed by atoms with van der Waals surface area (Å²) in [5, 5.41) is 3.59. The molecule has 86 valence electrons. The molecule has 1 N–H and O–H groups in total. The molecule has 2 aliphatic carbocycles. The number of hydrogen-bond donors (Lipinski definition) is 1. The largest absolute Gasteiger partial charge is 0.314 e. The maximum atomic E-state index is 3.59. The van der Waals surface area contributed by atoms with Gasteiger partial charge < -0.3 is 5.32 Å². The Labute approximate surface area is 93.4 Å². The second-order valence-corrected chi connectivity index (χ2v) is 6.05. The third-order valence-corrected chi connectivity index (χ3v) is 4.92. The smallest absolute Gasteiger partial charge is 0.0334 e. The van der Waals surface area contributed by atoms with E-state index in [0.29, 0.717) is 5.54 Å². The number of piperazine rings is 1. The highest BCUT2D eigenvalue weighted by atomic mass is 15.3. The standard InChI is InChI=1S/C13H24N2/c1-13(12-5-6-12)10-14-7-8-15(13)9-11-3-2-4-11/h11-12,14H,2-10H2,1H3. The predicted octanol–water partition coefficient (Wildman–Crippen LogP) is 1.86. The molecule has 3 fully saturated rings. The Kier molecular flexibility index (Phi) is 2.52. The van der Waals surface area contributed by atoms with Gasteiger partial charge in [-0.1, -0.05) is 6.42 Å². The Hall–Kier alpha value is -0.0800. The molecule has 0 amide bonds. The van der Waals surface area contributed by atoms with Gasteiger partial charge in [0.1, 0.15) is 0 Å². The monoisotopic (exact) mass is 208 g/mol. The Morgan fingerprint density at radius 1 is 1.27 bits per heavy atom. The van der Waals surface area contributed by atoms with E-state index in [9.17, 15) is 0 Å². The van der Waals surface area contributed by atoms with E-state index in [-0.39, 0.29) is 0 Å². The van der Waals surface area contributed by atoms with Gasteiger partial charge in [0.05, 0.1) is 0 Å². The van der Waals surface area contributed by atoms with E-state index in [2.05, 4.69) is 17.1 Å². The van der Waals surface area contributed by atoms with Crippen molar-refractivity contribution in [1.82, 2.24) is 10.2 Å². The minimum atomic E-state index is 0.494. The van der Waals surface area contributed by atoms with Crippen LogP contribution in [0.4, 0.5) is 0 Å². The zero-order valence-corrected chi connectivity index (χ0v) is 9.97. The first-order valence-corrected chi connectivity index (χ1v) is 6.75. The lowest BCUT2D eigenvalue weighted by molar-refractivity contribution is 0.0284. The van der Waals surface area contributed by atoms with E-state index >= 15 is 0 Å². The van der Waals surface area contributed by atoms with E-state index in [1.807, 2.05) is 0 Å². The zero-order valence-electron chi connectivity index (χ0n) is 9.97. The third-order valence-electron chi connectivity index (χ3n) is 4.92. The SMILES string of the molecule is CC1(C2CC2)CNCCN1CC1CCC1. The summed E-state index contributed by atoms with van der Waals surface area (Å²) in [6.45, 7) is 7.59. The molecule has 3 rings (SSSR count). The first-order chi connectivity index (χ1) is 7.29. The van der Waals surface area contributed by atoms with Crippen LogP contribution in [0, 0.1) is 11.8 Å². The van der Waals surface area contributed by atoms with E-state index in [1.165, 1.54) is 58.3 Å². The van der Waals surface area contributed by atoms with Crippen LogP contribution in [-0.4, -0.2) is 36.6 Å². The molecule has 3 aliphatic rings. The summed E-state index contributed by atoms with van der Waals surface area (Å²) in [5.74, 6) is 2.02. The first kappa shape index (κ1) is 10.1. The highest BCUT2D eigenvalue weighted by Crippen LogP contribution is 2.44. The summed E-state index contributed by atoms with van der Waals surface area (Å²) >= 11 is 0. The number of hydrogen-bond acceptors (Lipinski definition) is 2. The second-order valence-electron chi connectivity index (χ2n) is 6.05. The van der Waals surface area contributed by atoms with Crippen LogP contribution in [0.3, 0.4) is 0 Å². The van der Waals surface area contributed by atoms with Crippen molar-refractivity contribution in [3.8, 4) is 0 Å². The maximum absolute atomic E-state index is 3.59. The Bertz CT molecular complexity index is 233. The number of nitrogens with zero attached hydrogens (tertiary/aromatic N) is 1. The van der Waals surface area contributed by atoms with Crippen molar-refractivity contribution in [2.24, 2.45) is 11.8 Å². The summed E-state index contributed by atoms with van der Waals surface area (Å²) in [6, 6.07) is 0. The van der Waals surface area contributed by atoms with Crippen molar-refractivity contribution in [3.63, 3.8) is 0 Å². The molecule has 2 heteroatoms. The van der Waals surface area contributed by atoms with Crippen LogP contribution in [0.1, 0.15) is 39.0 Å². The molecule has 15 heavy (non-hydrogen) atoms. The summed E-state index contributed by atoms with van der Waals surface area (Å²) in [6.07, 6.45) is 7.41. The van der Waals surface area contributed by atoms with Crippen LogP contribution in [-0.2, 0) is 0 Å². The van der Waals surface area contributed by atoms with Gasteiger partial charge in [0.2, 0.25) is 0 Å². The van der Waals surface area contributed by atoms with Crippen LogP contribution in [0.2, 0.25) is 0 Å². The van der Waals surface area contributed by atoms with Crippen molar-refractivity contribution in [2.45, 2.75) is 44.6 Å².